The summed E-state index contributed by atoms with van der Waals surface area (Å²) in [5, 5.41) is 2.93. The van der Waals surface area contributed by atoms with E-state index in [1.165, 1.54) is 16.4 Å². The van der Waals surface area contributed by atoms with E-state index in [9.17, 15) is 17.6 Å². The molecule has 27 heavy (non-hydrogen) atoms. The first-order valence-electron chi connectivity index (χ1n) is 8.91. The molecule has 0 radical (unpaired) electrons. The maximum Gasteiger partial charge on any atom is 0.243 e. The van der Waals surface area contributed by atoms with Crippen molar-refractivity contribution in [3.05, 3.63) is 59.4 Å². The third-order valence-corrected chi connectivity index (χ3v) is 6.74. The van der Waals surface area contributed by atoms with Gasteiger partial charge in [0.05, 0.1) is 10.8 Å². The van der Waals surface area contributed by atoms with Crippen molar-refractivity contribution in [1.29, 1.82) is 0 Å². The molecule has 1 heterocycles. The van der Waals surface area contributed by atoms with Crippen LogP contribution in [0.2, 0.25) is 0 Å². The van der Waals surface area contributed by atoms with Gasteiger partial charge in [-0.1, -0.05) is 12.1 Å². The number of rotatable bonds is 4. The van der Waals surface area contributed by atoms with Gasteiger partial charge < -0.3 is 5.32 Å². The minimum Gasteiger partial charge on any atom is -0.326 e. The van der Waals surface area contributed by atoms with Crippen molar-refractivity contribution in [2.45, 2.75) is 31.6 Å². The highest BCUT2D eigenvalue weighted by molar-refractivity contribution is 7.89. The third kappa shape index (κ3) is 4.36. The SMILES string of the molecule is Cc1ccc(C)c(NC(=O)[C@@H]2CCCN(S(=O)(=O)c3ccc(F)cc3)C2)c1. The molecule has 2 aromatic rings. The Morgan fingerprint density at radius 3 is 2.56 bits per heavy atom. The van der Waals surface area contributed by atoms with Crippen molar-refractivity contribution in [3.63, 3.8) is 0 Å². The van der Waals surface area contributed by atoms with Crippen LogP contribution in [0.4, 0.5) is 10.1 Å². The molecule has 1 N–H and O–H groups in total. The number of amides is 1. The Hall–Kier alpha value is -2.25. The Balaban J connectivity index is 1.74. The average Bonchev–Trinajstić information content (AvgIpc) is 2.65. The normalized spacial score (nSPS) is 18.3. The van der Waals surface area contributed by atoms with Crippen molar-refractivity contribution in [2.75, 3.05) is 18.4 Å². The molecule has 0 spiro atoms. The molecule has 0 unspecified atom stereocenters. The van der Waals surface area contributed by atoms with Crippen molar-refractivity contribution in [2.24, 2.45) is 5.92 Å². The summed E-state index contributed by atoms with van der Waals surface area (Å²) in [6.07, 6.45) is 1.23. The van der Waals surface area contributed by atoms with Crippen LogP contribution in [0.1, 0.15) is 24.0 Å². The lowest BCUT2D eigenvalue weighted by Gasteiger charge is -2.31. The van der Waals surface area contributed by atoms with E-state index in [0.29, 0.717) is 19.4 Å². The number of hydrogen-bond donors (Lipinski definition) is 1. The van der Waals surface area contributed by atoms with E-state index in [4.69, 9.17) is 0 Å². The van der Waals surface area contributed by atoms with Gasteiger partial charge in [-0.25, -0.2) is 12.8 Å². The number of piperidine rings is 1. The van der Waals surface area contributed by atoms with E-state index in [1.54, 1.807) is 0 Å². The molecule has 1 atom stereocenters. The third-order valence-electron chi connectivity index (χ3n) is 4.86. The van der Waals surface area contributed by atoms with Crippen LogP contribution < -0.4 is 5.32 Å². The number of carbonyl (C=O) groups excluding carboxylic acids is 1. The van der Waals surface area contributed by atoms with Gasteiger partial charge in [0, 0.05) is 18.8 Å². The highest BCUT2D eigenvalue weighted by Gasteiger charge is 2.33. The number of sulfonamides is 1. The number of benzene rings is 2. The van der Waals surface area contributed by atoms with Gasteiger partial charge in [-0.3, -0.25) is 4.79 Å². The minimum absolute atomic E-state index is 0.0412. The molecule has 0 aromatic heterocycles. The van der Waals surface area contributed by atoms with Crippen LogP contribution in [0.25, 0.3) is 0 Å². The smallest absolute Gasteiger partial charge is 0.243 e. The zero-order valence-corrected chi connectivity index (χ0v) is 16.2. The number of hydrogen-bond acceptors (Lipinski definition) is 3. The zero-order chi connectivity index (χ0) is 19.6. The van der Waals surface area contributed by atoms with Gasteiger partial charge in [0.2, 0.25) is 15.9 Å². The quantitative estimate of drug-likeness (QED) is 0.869. The highest BCUT2D eigenvalue weighted by atomic mass is 32.2. The second kappa shape index (κ2) is 7.78. The fraction of sp³-hybridized carbons (Fsp3) is 0.350. The van der Waals surface area contributed by atoms with Crippen LogP contribution in [-0.4, -0.2) is 31.7 Å². The van der Waals surface area contributed by atoms with E-state index >= 15 is 0 Å². The lowest BCUT2D eigenvalue weighted by Crippen LogP contribution is -2.43. The van der Waals surface area contributed by atoms with Crippen LogP contribution >= 0.6 is 0 Å². The Bertz CT molecular complexity index is 942. The van der Waals surface area contributed by atoms with Crippen LogP contribution in [0.5, 0.6) is 0 Å². The fourth-order valence-corrected chi connectivity index (χ4v) is 4.76. The van der Waals surface area contributed by atoms with Gasteiger partial charge in [0.25, 0.3) is 0 Å². The summed E-state index contributed by atoms with van der Waals surface area (Å²) >= 11 is 0. The van der Waals surface area contributed by atoms with Crippen molar-refractivity contribution in [3.8, 4) is 0 Å². The van der Waals surface area contributed by atoms with Gasteiger partial charge >= 0.3 is 0 Å². The standard InChI is InChI=1S/C20H23FN2O3S/c1-14-5-6-15(2)19(12-14)22-20(24)16-4-3-11-23(13-16)27(25,26)18-9-7-17(21)8-10-18/h5-10,12,16H,3-4,11,13H2,1-2H3,(H,22,24)/t16-/m1/s1. The van der Waals surface area contributed by atoms with E-state index in [2.05, 4.69) is 5.32 Å². The number of aryl methyl sites for hydroxylation is 2. The van der Waals surface area contributed by atoms with Crippen molar-refractivity contribution >= 4 is 21.6 Å². The first-order valence-corrected chi connectivity index (χ1v) is 10.4. The molecule has 1 aliphatic heterocycles. The number of carbonyl (C=O) groups is 1. The number of halogens is 1. The molecular weight excluding hydrogens is 367 g/mol. The molecule has 144 valence electrons. The molecule has 0 bridgehead atoms. The molecule has 5 nitrogen and oxygen atoms in total. The second-order valence-electron chi connectivity index (χ2n) is 6.96. The van der Waals surface area contributed by atoms with E-state index in [-0.39, 0.29) is 17.3 Å². The molecule has 1 saturated heterocycles. The number of anilines is 1. The predicted molar refractivity (Wildman–Crippen MR) is 102 cm³/mol. The lowest BCUT2D eigenvalue weighted by molar-refractivity contribution is -0.120. The fourth-order valence-electron chi connectivity index (χ4n) is 3.24. The summed E-state index contributed by atoms with van der Waals surface area (Å²) in [5.74, 6) is -1.09. The van der Waals surface area contributed by atoms with Gasteiger partial charge in [-0.05, 0) is 68.1 Å². The summed E-state index contributed by atoms with van der Waals surface area (Å²) < 4.78 is 40.0. The summed E-state index contributed by atoms with van der Waals surface area (Å²) in [6, 6.07) is 10.6. The largest absolute Gasteiger partial charge is 0.326 e. The van der Waals surface area contributed by atoms with Crippen LogP contribution in [0.15, 0.2) is 47.4 Å². The predicted octanol–water partition coefficient (Wildman–Crippen LogP) is 3.48. The van der Waals surface area contributed by atoms with E-state index < -0.39 is 21.8 Å². The molecule has 3 rings (SSSR count). The molecule has 7 heteroatoms. The van der Waals surface area contributed by atoms with Gasteiger partial charge in [-0.2, -0.15) is 4.31 Å². The van der Waals surface area contributed by atoms with Crippen LogP contribution in [0.3, 0.4) is 0 Å². The molecule has 2 aromatic carbocycles. The molecular formula is C20H23FN2O3S. The van der Waals surface area contributed by atoms with Gasteiger partial charge in [-0.15, -0.1) is 0 Å². The lowest BCUT2D eigenvalue weighted by atomic mass is 9.98. The summed E-state index contributed by atoms with van der Waals surface area (Å²) in [5.41, 5.74) is 2.75. The highest BCUT2D eigenvalue weighted by Crippen LogP contribution is 2.26. The Morgan fingerprint density at radius 1 is 1.15 bits per heavy atom. The minimum atomic E-state index is -3.75. The van der Waals surface area contributed by atoms with Crippen molar-refractivity contribution in [1.82, 2.24) is 4.31 Å². The van der Waals surface area contributed by atoms with Crippen LogP contribution in [0, 0.1) is 25.6 Å². The van der Waals surface area contributed by atoms with Gasteiger partial charge in [0.1, 0.15) is 5.82 Å². The Kier molecular flexibility index (Phi) is 5.62. The summed E-state index contributed by atoms with van der Waals surface area (Å²) in [7, 11) is -3.75. The van der Waals surface area contributed by atoms with Gasteiger partial charge in [0.15, 0.2) is 0 Å². The monoisotopic (exact) mass is 390 g/mol. The topological polar surface area (TPSA) is 66.5 Å². The van der Waals surface area contributed by atoms with E-state index in [0.717, 1.165) is 28.9 Å². The molecule has 1 amide bonds. The van der Waals surface area contributed by atoms with E-state index in [1.807, 2.05) is 32.0 Å². The maximum absolute atomic E-state index is 13.1. The zero-order valence-electron chi connectivity index (χ0n) is 15.4. The Morgan fingerprint density at radius 2 is 1.85 bits per heavy atom. The Labute approximate surface area is 159 Å². The number of nitrogens with one attached hydrogen (secondary N) is 1. The second-order valence-corrected chi connectivity index (χ2v) is 8.90. The first kappa shape index (κ1) is 19.5. The molecule has 0 saturated carbocycles. The number of nitrogens with zero attached hydrogens (tertiary/aromatic N) is 1. The summed E-state index contributed by atoms with van der Waals surface area (Å²) in [6.45, 7) is 4.34. The first-order chi connectivity index (χ1) is 12.8. The molecule has 1 aliphatic rings. The molecule has 1 fully saturated rings. The maximum atomic E-state index is 13.1. The average molecular weight is 390 g/mol. The van der Waals surface area contributed by atoms with Crippen LogP contribution in [-0.2, 0) is 14.8 Å². The van der Waals surface area contributed by atoms with Crippen molar-refractivity contribution < 1.29 is 17.6 Å². The molecule has 0 aliphatic carbocycles. The summed E-state index contributed by atoms with van der Waals surface area (Å²) in [4.78, 5) is 12.7.